The molecular formula is C20H21F3N2O3. The molecule has 0 unspecified atom stereocenters. The van der Waals surface area contributed by atoms with E-state index in [1.807, 2.05) is 6.92 Å². The predicted molar refractivity (Wildman–Crippen MR) is 95.6 cm³/mol. The molecule has 150 valence electrons. The van der Waals surface area contributed by atoms with E-state index in [1.165, 1.54) is 23.1 Å². The zero-order valence-electron chi connectivity index (χ0n) is 15.4. The van der Waals surface area contributed by atoms with Crippen LogP contribution in [0.2, 0.25) is 0 Å². The van der Waals surface area contributed by atoms with Crippen LogP contribution in [-0.2, 0) is 16.0 Å². The van der Waals surface area contributed by atoms with Crippen molar-refractivity contribution < 1.29 is 27.5 Å². The van der Waals surface area contributed by atoms with E-state index in [4.69, 9.17) is 0 Å². The first-order valence-electron chi connectivity index (χ1n) is 9.47. The Morgan fingerprint density at radius 2 is 1.79 bits per heavy atom. The van der Waals surface area contributed by atoms with Crippen molar-refractivity contribution in [1.82, 2.24) is 9.88 Å². The Hall–Kier alpha value is -2.51. The smallest absolute Gasteiger partial charge is 0.406 e. The molecule has 0 bridgehead atoms. The van der Waals surface area contributed by atoms with Gasteiger partial charge in [0.05, 0.1) is 11.8 Å². The van der Waals surface area contributed by atoms with Crippen LogP contribution in [0.25, 0.3) is 10.9 Å². The zero-order chi connectivity index (χ0) is 20.1. The molecule has 2 fully saturated rings. The Labute approximate surface area is 159 Å². The molecule has 1 N–H and O–H groups in total. The summed E-state index contributed by atoms with van der Waals surface area (Å²) in [4.78, 5) is 29.7. The van der Waals surface area contributed by atoms with Crippen LogP contribution in [0, 0.1) is 18.8 Å². The van der Waals surface area contributed by atoms with E-state index in [0.717, 1.165) is 36.9 Å². The quantitative estimate of drug-likeness (QED) is 0.795. The second kappa shape index (κ2) is 6.83. The summed E-state index contributed by atoms with van der Waals surface area (Å²) in [6, 6.07) is 4.14. The van der Waals surface area contributed by atoms with E-state index >= 15 is 0 Å². The lowest BCUT2D eigenvalue weighted by Crippen LogP contribution is -2.33. The molecule has 1 aliphatic heterocycles. The number of nitrogens with zero attached hydrogens (tertiary/aromatic N) is 1. The summed E-state index contributed by atoms with van der Waals surface area (Å²) >= 11 is 0. The lowest BCUT2D eigenvalue weighted by Gasteiger charge is -2.19. The monoisotopic (exact) mass is 394 g/mol. The number of nitrogens with one attached hydrogen (secondary N) is 1. The molecule has 2 amide bonds. The third-order valence-electron chi connectivity index (χ3n) is 5.84. The Balaban J connectivity index is 1.56. The number of alkyl halides is 3. The fraction of sp³-hybridized carbons (Fsp3) is 0.500. The molecule has 2 aliphatic rings. The van der Waals surface area contributed by atoms with Gasteiger partial charge >= 0.3 is 6.36 Å². The number of imide groups is 1. The standard InChI is InChI=1S/C20H21F3N2O3/c1-11-13(16-10-12(28-20(21,22)23)6-7-17(16)24-11)8-9-25-18(26)14-4-2-3-5-15(14)19(25)27/h6-7,10,14-15,24H,2-5,8-9H2,1H3/t14-,15-/m1/s1. The van der Waals surface area contributed by atoms with Gasteiger partial charge in [-0.2, -0.15) is 0 Å². The minimum absolute atomic E-state index is 0.103. The van der Waals surface area contributed by atoms with Gasteiger partial charge in [0.1, 0.15) is 5.75 Å². The Morgan fingerprint density at radius 3 is 2.39 bits per heavy atom. The van der Waals surface area contributed by atoms with Crippen molar-refractivity contribution in [1.29, 1.82) is 0 Å². The van der Waals surface area contributed by atoms with E-state index in [0.29, 0.717) is 17.3 Å². The van der Waals surface area contributed by atoms with Crippen molar-refractivity contribution in [2.24, 2.45) is 11.8 Å². The van der Waals surface area contributed by atoms with Gasteiger partial charge in [0.25, 0.3) is 0 Å². The van der Waals surface area contributed by atoms with Gasteiger partial charge in [0.15, 0.2) is 0 Å². The third-order valence-corrected chi connectivity index (χ3v) is 5.84. The van der Waals surface area contributed by atoms with Gasteiger partial charge < -0.3 is 9.72 Å². The van der Waals surface area contributed by atoms with Crippen molar-refractivity contribution >= 4 is 22.7 Å². The van der Waals surface area contributed by atoms with Crippen LogP contribution < -0.4 is 4.74 Å². The number of carbonyl (C=O) groups is 2. The summed E-state index contributed by atoms with van der Waals surface area (Å²) in [6.45, 7) is 2.07. The first-order chi connectivity index (χ1) is 13.2. The second-order valence-corrected chi connectivity index (χ2v) is 7.56. The number of likely N-dealkylation sites (tertiary alicyclic amines) is 1. The maximum Gasteiger partial charge on any atom is 0.573 e. The molecule has 4 rings (SSSR count). The van der Waals surface area contributed by atoms with Crippen molar-refractivity contribution in [2.45, 2.75) is 45.4 Å². The minimum atomic E-state index is -4.76. The normalized spacial score (nSPS) is 22.8. The Morgan fingerprint density at radius 1 is 1.14 bits per heavy atom. The molecule has 1 aromatic heterocycles. The van der Waals surface area contributed by atoms with Gasteiger partial charge in [-0.05, 0) is 49.9 Å². The van der Waals surface area contributed by atoms with Crippen molar-refractivity contribution in [3.63, 3.8) is 0 Å². The first-order valence-corrected chi connectivity index (χ1v) is 9.47. The summed E-state index contributed by atoms with van der Waals surface area (Å²) in [7, 11) is 0. The number of hydrogen-bond donors (Lipinski definition) is 1. The van der Waals surface area contributed by atoms with E-state index in [2.05, 4.69) is 9.72 Å². The van der Waals surface area contributed by atoms with Crippen LogP contribution >= 0.6 is 0 Å². The van der Waals surface area contributed by atoms with Crippen molar-refractivity contribution in [2.75, 3.05) is 6.54 Å². The van der Waals surface area contributed by atoms with Gasteiger partial charge in [0, 0.05) is 23.1 Å². The molecule has 8 heteroatoms. The van der Waals surface area contributed by atoms with E-state index in [-0.39, 0.29) is 35.9 Å². The SMILES string of the molecule is Cc1[nH]c2ccc(OC(F)(F)F)cc2c1CCN1C(=O)[C@@H]2CCCC[C@H]2C1=O. The van der Waals surface area contributed by atoms with E-state index in [1.54, 1.807) is 0 Å². The summed E-state index contributed by atoms with van der Waals surface area (Å²) < 4.78 is 41.6. The number of rotatable bonds is 4. The van der Waals surface area contributed by atoms with Crippen LogP contribution in [0.1, 0.15) is 36.9 Å². The van der Waals surface area contributed by atoms with Gasteiger partial charge in [-0.1, -0.05) is 12.8 Å². The lowest BCUT2D eigenvalue weighted by molar-refractivity contribution is -0.274. The van der Waals surface area contributed by atoms with Crippen LogP contribution in [-0.4, -0.2) is 34.6 Å². The molecule has 0 spiro atoms. The molecule has 1 aliphatic carbocycles. The fourth-order valence-corrected chi connectivity index (χ4v) is 4.56. The molecule has 1 aromatic carbocycles. The van der Waals surface area contributed by atoms with Crippen molar-refractivity contribution in [3.8, 4) is 5.75 Å². The second-order valence-electron chi connectivity index (χ2n) is 7.56. The molecule has 1 saturated carbocycles. The first kappa shape index (κ1) is 18.8. The van der Waals surface area contributed by atoms with Crippen molar-refractivity contribution in [3.05, 3.63) is 29.5 Å². The molecule has 0 radical (unpaired) electrons. The van der Waals surface area contributed by atoms with E-state index in [9.17, 15) is 22.8 Å². The van der Waals surface area contributed by atoms with Gasteiger partial charge in [-0.15, -0.1) is 13.2 Å². The Kier molecular flexibility index (Phi) is 4.59. The number of carbonyl (C=O) groups excluding carboxylic acids is 2. The predicted octanol–water partition coefficient (Wildman–Crippen LogP) is 4.09. The van der Waals surface area contributed by atoms with E-state index < -0.39 is 6.36 Å². The maximum atomic E-state index is 12.6. The largest absolute Gasteiger partial charge is 0.573 e. The van der Waals surface area contributed by atoms with Gasteiger partial charge in [-0.3, -0.25) is 14.5 Å². The third kappa shape index (κ3) is 3.36. The topological polar surface area (TPSA) is 62.4 Å². The minimum Gasteiger partial charge on any atom is -0.406 e. The highest BCUT2D eigenvalue weighted by Crippen LogP contribution is 2.38. The number of ether oxygens (including phenoxy) is 1. The number of aryl methyl sites for hydroxylation is 1. The highest BCUT2D eigenvalue weighted by atomic mass is 19.4. The lowest BCUT2D eigenvalue weighted by atomic mass is 9.81. The summed E-state index contributed by atoms with van der Waals surface area (Å²) in [5.41, 5.74) is 2.28. The molecule has 28 heavy (non-hydrogen) atoms. The summed E-state index contributed by atoms with van der Waals surface area (Å²) in [5.74, 6) is -0.893. The number of aromatic amines is 1. The van der Waals surface area contributed by atoms with Crippen LogP contribution in [0.4, 0.5) is 13.2 Å². The molecular weight excluding hydrogens is 373 g/mol. The van der Waals surface area contributed by atoms with Crippen LogP contribution in [0.3, 0.4) is 0 Å². The highest BCUT2D eigenvalue weighted by molar-refractivity contribution is 6.05. The average Bonchev–Trinajstić information content (AvgIpc) is 3.06. The number of halogens is 3. The van der Waals surface area contributed by atoms with Crippen LogP contribution in [0.15, 0.2) is 18.2 Å². The molecule has 1 saturated heterocycles. The zero-order valence-corrected chi connectivity index (χ0v) is 15.4. The molecule has 5 nitrogen and oxygen atoms in total. The highest BCUT2D eigenvalue weighted by Gasteiger charge is 2.47. The molecule has 2 aromatic rings. The number of aromatic nitrogens is 1. The number of H-pyrrole nitrogens is 1. The number of amides is 2. The molecule has 2 heterocycles. The van der Waals surface area contributed by atoms with Gasteiger partial charge in [0.2, 0.25) is 11.8 Å². The fourth-order valence-electron chi connectivity index (χ4n) is 4.56. The summed E-state index contributed by atoms with van der Waals surface area (Å²) in [5, 5.41) is 0.607. The average molecular weight is 394 g/mol. The summed E-state index contributed by atoms with van der Waals surface area (Å²) in [6.07, 6.45) is -0.913. The maximum absolute atomic E-state index is 12.6. The van der Waals surface area contributed by atoms with Gasteiger partial charge in [-0.25, -0.2) is 0 Å². The number of hydrogen-bond acceptors (Lipinski definition) is 3. The Bertz CT molecular complexity index is 911. The van der Waals surface area contributed by atoms with Crippen LogP contribution in [0.5, 0.6) is 5.75 Å². The molecule has 2 atom stereocenters. The number of fused-ring (bicyclic) bond motifs is 2. The number of benzene rings is 1.